The van der Waals surface area contributed by atoms with Crippen LogP contribution in [0.25, 0.3) is 10.2 Å². The van der Waals surface area contributed by atoms with E-state index < -0.39 is 0 Å². The Hall–Kier alpha value is -0.890. The summed E-state index contributed by atoms with van der Waals surface area (Å²) >= 11 is 3.50. The molecule has 0 aliphatic carbocycles. The van der Waals surface area contributed by atoms with Gasteiger partial charge in [0.25, 0.3) is 0 Å². The molecule has 24 heavy (non-hydrogen) atoms. The van der Waals surface area contributed by atoms with E-state index in [1.807, 2.05) is 11.3 Å². The first kappa shape index (κ1) is 17.9. The molecule has 7 heteroatoms. The molecule has 3 heterocycles. The van der Waals surface area contributed by atoms with Gasteiger partial charge in [0.05, 0.1) is 22.4 Å². The van der Waals surface area contributed by atoms with Gasteiger partial charge in [0.1, 0.15) is 5.82 Å². The largest absolute Gasteiger partial charge is 0.370 e. The van der Waals surface area contributed by atoms with Crippen LogP contribution in [0.2, 0.25) is 0 Å². The molecule has 0 fully saturated rings. The molecule has 132 valence electrons. The van der Waals surface area contributed by atoms with E-state index >= 15 is 0 Å². The summed E-state index contributed by atoms with van der Waals surface area (Å²) in [6.07, 6.45) is 3.02. The molecule has 0 unspecified atom stereocenters. The predicted octanol–water partition coefficient (Wildman–Crippen LogP) is 3.81. The minimum absolute atomic E-state index is 0.100. The van der Waals surface area contributed by atoms with E-state index in [0.29, 0.717) is 6.61 Å². The van der Waals surface area contributed by atoms with Crippen molar-refractivity contribution in [2.75, 3.05) is 24.2 Å². The zero-order valence-corrected chi connectivity index (χ0v) is 16.3. The first-order chi connectivity index (χ1) is 11.5. The average Bonchev–Trinajstić information content (AvgIpc) is 2.88. The van der Waals surface area contributed by atoms with Crippen molar-refractivity contribution in [2.45, 2.75) is 57.4 Å². The Kier molecular flexibility index (Phi) is 5.64. The van der Waals surface area contributed by atoms with Crippen molar-refractivity contribution in [1.82, 2.24) is 9.97 Å². The van der Waals surface area contributed by atoms with Gasteiger partial charge >= 0.3 is 0 Å². The summed E-state index contributed by atoms with van der Waals surface area (Å²) in [7, 11) is 0. The zero-order valence-electron chi connectivity index (χ0n) is 14.6. The fourth-order valence-electron chi connectivity index (χ4n) is 2.83. The van der Waals surface area contributed by atoms with Crippen LogP contribution < -0.4 is 11.1 Å². The van der Waals surface area contributed by atoms with Gasteiger partial charge in [-0.2, -0.15) is 0 Å². The normalized spacial score (nSPS) is 16.3. The highest BCUT2D eigenvalue weighted by molar-refractivity contribution is 7.99. The van der Waals surface area contributed by atoms with Gasteiger partial charge in [0.15, 0.2) is 5.16 Å². The van der Waals surface area contributed by atoms with Gasteiger partial charge < -0.3 is 15.8 Å². The summed E-state index contributed by atoms with van der Waals surface area (Å²) in [5, 5.41) is 4.34. The lowest BCUT2D eigenvalue weighted by atomic mass is 9.98. The molecule has 0 spiro atoms. The van der Waals surface area contributed by atoms with E-state index in [2.05, 4.69) is 26.1 Å². The van der Waals surface area contributed by atoms with Crippen LogP contribution in [0.5, 0.6) is 0 Å². The number of nitrogens with zero attached hydrogens (tertiary/aromatic N) is 2. The lowest BCUT2D eigenvalue weighted by Crippen LogP contribution is -2.30. The molecule has 2 aromatic heterocycles. The molecule has 3 N–H and O–H groups in total. The summed E-state index contributed by atoms with van der Waals surface area (Å²) in [4.78, 5) is 10.9. The third kappa shape index (κ3) is 3.85. The van der Waals surface area contributed by atoms with Crippen LogP contribution >= 0.6 is 23.1 Å². The summed E-state index contributed by atoms with van der Waals surface area (Å²) in [5.74, 6) is 1.93. The molecule has 5 nitrogen and oxygen atoms in total. The molecule has 0 atom stereocenters. The second-order valence-electron chi connectivity index (χ2n) is 6.62. The minimum atomic E-state index is -0.100. The van der Waals surface area contributed by atoms with Gasteiger partial charge in [-0.05, 0) is 39.0 Å². The van der Waals surface area contributed by atoms with E-state index in [9.17, 15) is 0 Å². The Balaban J connectivity index is 1.97. The number of nitrogens with two attached hydrogens (primary N) is 1. The van der Waals surface area contributed by atoms with Crippen LogP contribution in [0.15, 0.2) is 5.16 Å². The topological polar surface area (TPSA) is 73.1 Å². The van der Waals surface area contributed by atoms with Crippen LogP contribution in [0, 0.1) is 0 Å². The maximum absolute atomic E-state index is 6.02. The fourth-order valence-corrected chi connectivity index (χ4v) is 4.83. The second kappa shape index (κ2) is 7.56. The van der Waals surface area contributed by atoms with E-state index in [4.69, 9.17) is 20.4 Å². The Morgan fingerprint density at radius 3 is 2.92 bits per heavy atom. The van der Waals surface area contributed by atoms with Gasteiger partial charge in [-0.25, -0.2) is 9.97 Å². The van der Waals surface area contributed by atoms with Gasteiger partial charge in [-0.15, -0.1) is 11.3 Å². The number of aromatic nitrogens is 2. The number of thioether (sulfide) groups is 1. The molecule has 0 saturated carbocycles. The Morgan fingerprint density at radius 1 is 1.33 bits per heavy atom. The number of fused-ring (bicyclic) bond motifs is 3. The SMILES string of the molecule is CCSc1nc(NCCCCN)c2sc3c(c2n1)COC(C)(C)C3. The molecule has 1 aliphatic rings. The van der Waals surface area contributed by atoms with Crippen LogP contribution in [0.1, 0.15) is 44.1 Å². The van der Waals surface area contributed by atoms with Gasteiger partial charge in [0, 0.05) is 23.4 Å². The van der Waals surface area contributed by atoms with Gasteiger partial charge in [-0.1, -0.05) is 18.7 Å². The molecule has 0 radical (unpaired) electrons. The molecule has 2 aromatic rings. The van der Waals surface area contributed by atoms with Crippen molar-refractivity contribution >= 4 is 39.1 Å². The average molecular weight is 367 g/mol. The Bertz CT molecular complexity index is 714. The summed E-state index contributed by atoms with van der Waals surface area (Å²) < 4.78 is 7.18. The molecule has 0 amide bonds. The number of hydrogen-bond acceptors (Lipinski definition) is 7. The molecule has 0 aromatic carbocycles. The number of rotatable bonds is 7. The zero-order chi connectivity index (χ0) is 17.2. The Labute approximate surface area is 151 Å². The second-order valence-corrected chi connectivity index (χ2v) is 8.95. The van der Waals surface area contributed by atoms with Crippen molar-refractivity contribution in [3.63, 3.8) is 0 Å². The summed E-state index contributed by atoms with van der Waals surface area (Å²) in [6, 6.07) is 0. The third-order valence-electron chi connectivity index (χ3n) is 4.08. The first-order valence-corrected chi connectivity index (χ1v) is 10.4. The van der Waals surface area contributed by atoms with Crippen molar-refractivity contribution in [3.05, 3.63) is 10.4 Å². The molecular formula is C17H26N4OS2. The van der Waals surface area contributed by atoms with Crippen LogP contribution in [-0.2, 0) is 17.8 Å². The lowest BCUT2D eigenvalue weighted by molar-refractivity contribution is -0.0383. The van der Waals surface area contributed by atoms with E-state index in [1.54, 1.807) is 11.8 Å². The summed E-state index contributed by atoms with van der Waals surface area (Å²) in [6.45, 7) is 8.69. The molecule has 1 aliphatic heterocycles. The fraction of sp³-hybridized carbons (Fsp3) is 0.647. The van der Waals surface area contributed by atoms with Crippen LogP contribution in [0.3, 0.4) is 0 Å². The molecule has 3 rings (SSSR count). The smallest absolute Gasteiger partial charge is 0.190 e. The number of ether oxygens (including phenoxy) is 1. The van der Waals surface area contributed by atoms with Gasteiger partial charge in [0.2, 0.25) is 0 Å². The lowest BCUT2D eigenvalue weighted by Gasteiger charge is -2.29. The van der Waals surface area contributed by atoms with Crippen molar-refractivity contribution in [2.24, 2.45) is 5.73 Å². The van der Waals surface area contributed by atoms with Gasteiger partial charge in [-0.3, -0.25) is 0 Å². The highest BCUT2D eigenvalue weighted by Gasteiger charge is 2.30. The highest BCUT2D eigenvalue weighted by atomic mass is 32.2. The van der Waals surface area contributed by atoms with Crippen LogP contribution in [-0.4, -0.2) is 34.4 Å². The number of unbranched alkanes of at least 4 members (excludes halogenated alkanes) is 1. The van der Waals surface area contributed by atoms with Crippen molar-refractivity contribution in [1.29, 1.82) is 0 Å². The third-order valence-corrected chi connectivity index (χ3v) is 6.04. The quantitative estimate of drug-likeness (QED) is 0.441. The van der Waals surface area contributed by atoms with Crippen LogP contribution in [0.4, 0.5) is 5.82 Å². The van der Waals surface area contributed by atoms with Crippen molar-refractivity contribution in [3.8, 4) is 0 Å². The standard InChI is InChI=1S/C17H26N4OS2/c1-4-23-16-20-13-11-10-22-17(2,3)9-12(11)24-14(13)15(21-16)19-8-6-5-7-18/h4-10,18H2,1-3H3,(H,19,20,21). The van der Waals surface area contributed by atoms with E-state index in [0.717, 1.165) is 59.3 Å². The van der Waals surface area contributed by atoms with E-state index in [1.165, 1.54) is 10.4 Å². The molecule has 0 saturated heterocycles. The van der Waals surface area contributed by atoms with E-state index in [-0.39, 0.29) is 5.60 Å². The minimum Gasteiger partial charge on any atom is -0.370 e. The maximum atomic E-state index is 6.02. The molecule has 0 bridgehead atoms. The number of nitrogens with one attached hydrogen (secondary N) is 1. The Morgan fingerprint density at radius 2 is 2.17 bits per heavy atom. The number of hydrogen-bond donors (Lipinski definition) is 2. The monoisotopic (exact) mass is 366 g/mol. The number of thiophene rings is 1. The summed E-state index contributed by atoms with van der Waals surface area (Å²) in [5.41, 5.74) is 7.80. The molecular weight excluding hydrogens is 340 g/mol. The number of anilines is 1. The predicted molar refractivity (Wildman–Crippen MR) is 103 cm³/mol. The maximum Gasteiger partial charge on any atom is 0.190 e. The first-order valence-electron chi connectivity index (χ1n) is 8.57. The van der Waals surface area contributed by atoms with Crippen molar-refractivity contribution < 1.29 is 4.74 Å². The highest BCUT2D eigenvalue weighted by Crippen LogP contribution is 2.41.